The van der Waals surface area contributed by atoms with Crippen LogP contribution in [-0.4, -0.2) is 42.7 Å². The number of ether oxygens (including phenoxy) is 1. The van der Waals surface area contributed by atoms with Gasteiger partial charge < -0.3 is 15.8 Å². The van der Waals surface area contributed by atoms with E-state index in [0.29, 0.717) is 30.4 Å². The van der Waals surface area contributed by atoms with Crippen LogP contribution in [-0.2, 0) is 9.53 Å². The first-order valence-corrected chi connectivity index (χ1v) is 8.64. The summed E-state index contributed by atoms with van der Waals surface area (Å²) < 4.78 is 5.66. The third kappa shape index (κ3) is 4.97. The highest BCUT2D eigenvalue weighted by Crippen LogP contribution is 2.24. The minimum Gasteiger partial charge on any atom is -0.377 e. The predicted molar refractivity (Wildman–Crippen MR) is 79.2 cm³/mol. The Morgan fingerprint density at radius 2 is 2.16 bits per heavy atom. The number of rotatable bonds is 6. The maximum Gasteiger partial charge on any atom is 0.230 e. The highest BCUT2D eigenvalue weighted by molar-refractivity contribution is 7.99. The van der Waals surface area contributed by atoms with Crippen LogP contribution in [0.4, 0.5) is 0 Å². The molecule has 0 bridgehead atoms. The Bertz CT molecular complexity index is 283. The van der Waals surface area contributed by atoms with Crippen molar-refractivity contribution in [3.05, 3.63) is 0 Å². The van der Waals surface area contributed by atoms with Crippen LogP contribution in [0.2, 0.25) is 0 Å². The zero-order valence-electron chi connectivity index (χ0n) is 11.6. The summed E-state index contributed by atoms with van der Waals surface area (Å²) in [5, 5.41) is 3.14. The average Bonchev–Trinajstić information content (AvgIpc) is 2.87. The van der Waals surface area contributed by atoms with Crippen molar-refractivity contribution in [3.63, 3.8) is 0 Å². The van der Waals surface area contributed by atoms with Gasteiger partial charge in [0, 0.05) is 18.4 Å². The second-order valence-corrected chi connectivity index (χ2v) is 6.63. The smallest absolute Gasteiger partial charge is 0.230 e. The van der Waals surface area contributed by atoms with Crippen LogP contribution in [0.15, 0.2) is 0 Å². The lowest BCUT2D eigenvalue weighted by molar-refractivity contribution is -0.119. The topological polar surface area (TPSA) is 64.3 Å². The quantitative estimate of drug-likeness (QED) is 0.777. The Morgan fingerprint density at radius 3 is 2.89 bits per heavy atom. The fourth-order valence-electron chi connectivity index (χ4n) is 2.98. The zero-order valence-corrected chi connectivity index (χ0v) is 12.4. The van der Waals surface area contributed by atoms with E-state index in [1.807, 2.05) is 0 Å². The summed E-state index contributed by atoms with van der Waals surface area (Å²) in [6.45, 7) is 1.58. The van der Waals surface area contributed by atoms with Crippen LogP contribution in [0.1, 0.15) is 38.5 Å². The molecule has 1 amide bonds. The number of carbonyl (C=O) groups is 1. The molecule has 0 aromatic rings. The lowest BCUT2D eigenvalue weighted by atomic mass is 10.0. The molecule has 1 saturated heterocycles. The number of thioether (sulfide) groups is 1. The van der Waals surface area contributed by atoms with Gasteiger partial charge in [0.1, 0.15) is 0 Å². The molecular formula is C14H26N2O2S. The van der Waals surface area contributed by atoms with E-state index in [-0.39, 0.29) is 5.91 Å². The monoisotopic (exact) mass is 286 g/mol. The summed E-state index contributed by atoms with van der Waals surface area (Å²) in [7, 11) is 0. The van der Waals surface area contributed by atoms with Crippen molar-refractivity contribution in [1.29, 1.82) is 0 Å². The molecule has 2 aliphatic rings. The first-order chi connectivity index (χ1) is 9.29. The molecular weight excluding hydrogens is 260 g/mol. The highest BCUT2D eigenvalue weighted by Gasteiger charge is 2.27. The second-order valence-electron chi connectivity index (χ2n) is 5.60. The lowest BCUT2D eigenvalue weighted by Crippen LogP contribution is -2.40. The van der Waals surface area contributed by atoms with Gasteiger partial charge in [-0.1, -0.05) is 6.42 Å². The van der Waals surface area contributed by atoms with Gasteiger partial charge in [0.2, 0.25) is 5.91 Å². The van der Waals surface area contributed by atoms with Gasteiger partial charge in [-0.15, -0.1) is 11.8 Å². The van der Waals surface area contributed by atoms with E-state index >= 15 is 0 Å². The average molecular weight is 286 g/mol. The predicted octanol–water partition coefficient (Wildman–Crippen LogP) is 1.53. The van der Waals surface area contributed by atoms with Gasteiger partial charge in [0.25, 0.3) is 0 Å². The normalized spacial score (nSPS) is 31.3. The van der Waals surface area contributed by atoms with Crippen LogP contribution < -0.4 is 11.1 Å². The fourth-order valence-corrected chi connectivity index (χ4v) is 3.89. The van der Waals surface area contributed by atoms with E-state index in [2.05, 4.69) is 5.32 Å². The van der Waals surface area contributed by atoms with E-state index in [4.69, 9.17) is 10.5 Å². The summed E-state index contributed by atoms with van der Waals surface area (Å²) in [4.78, 5) is 11.9. The summed E-state index contributed by atoms with van der Waals surface area (Å²) in [5.41, 5.74) is 5.72. The Hall–Kier alpha value is -0.260. The number of nitrogens with one attached hydrogen (secondary N) is 1. The van der Waals surface area contributed by atoms with Crippen molar-refractivity contribution in [2.24, 2.45) is 11.7 Å². The van der Waals surface area contributed by atoms with Crippen molar-refractivity contribution >= 4 is 17.7 Å². The minimum atomic E-state index is 0.158. The first-order valence-electron chi connectivity index (χ1n) is 7.48. The molecule has 0 radical (unpaired) electrons. The molecule has 2 rings (SSSR count). The molecule has 110 valence electrons. The van der Waals surface area contributed by atoms with Gasteiger partial charge in [0.15, 0.2) is 0 Å². The first kappa shape index (κ1) is 15.1. The molecule has 4 nitrogen and oxygen atoms in total. The van der Waals surface area contributed by atoms with Gasteiger partial charge in [-0.2, -0.15) is 0 Å². The number of hydrogen-bond acceptors (Lipinski definition) is 4. The Labute approximate surface area is 120 Å². The van der Waals surface area contributed by atoms with E-state index < -0.39 is 0 Å². The number of amides is 1. The molecule has 5 heteroatoms. The third-order valence-corrected chi connectivity index (χ3v) is 5.19. The van der Waals surface area contributed by atoms with E-state index in [9.17, 15) is 4.79 Å². The third-order valence-electron chi connectivity index (χ3n) is 4.12. The van der Waals surface area contributed by atoms with E-state index in [1.165, 1.54) is 19.3 Å². The van der Waals surface area contributed by atoms with Gasteiger partial charge in [-0.05, 0) is 44.6 Å². The van der Waals surface area contributed by atoms with Crippen molar-refractivity contribution in [1.82, 2.24) is 5.32 Å². The number of carbonyl (C=O) groups excluding carboxylic acids is 1. The molecule has 1 saturated carbocycles. The van der Waals surface area contributed by atoms with Gasteiger partial charge >= 0.3 is 0 Å². The molecule has 0 aromatic heterocycles. The zero-order chi connectivity index (χ0) is 13.5. The van der Waals surface area contributed by atoms with Crippen LogP contribution in [0.3, 0.4) is 0 Å². The molecule has 1 aliphatic carbocycles. The van der Waals surface area contributed by atoms with Crippen molar-refractivity contribution in [3.8, 4) is 0 Å². The molecule has 19 heavy (non-hydrogen) atoms. The fraction of sp³-hybridized carbons (Fsp3) is 0.929. The summed E-state index contributed by atoms with van der Waals surface area (Å²) >= 11 is 1.69. The molecule has 2 fully saturated rings. The largest absolute Gasteiger partial charge is 0.377 e. The standard InChI is InChI=1S/C14H26N2O2S/c15-8-11-4-3-6-13(11)16-14(17)10-19-9-12-5-1-2-7-18-12/h11-13H,1-10,15H2,(H,16,17). The maximum atomic E-state index is 11.9. The molecule has 1 aliphatic heterocycles. The Morgan fingerprint density at radius 1 is 1.26 bits per heavy atom. The van der Waals surface area contributed by atoms with Crippen molar-refractivity contribution in [2.75, 3.05) is 24.7 Å². The molecule has 1 heterocycles. The highest BCUT2D eigenvalue weighted by atomic mass is 32.2. The van der Waals surface area contributed by atoms with Crippen LogP contribution >= 0.6 is 11.8 Å². The lowest BCUT2D eigenvalue weighted by Gasteiger charge is -2.22. The molecule has 3 atom stereocenters. The Balaban J connectivity index is 1.59. The number of hydrogen-bond donors (Lipinski definition) is 2. The van der Waals surface area contributed by atoms with Crippen LogP contribution in [0.5, 0.6) is 0 Å². The van der Waals surface area contributed by atoms with Crippen LogP contribution in [0.25, 0.3) is 0 Å². The summed E-state index contributed by atoms with van der Waals surface area (Å²) in [6.07, 6.45) is 7.38. The van der Waals surface area contributed by atoms with E-state index in [0.717, 1.165) is 31.6 Å². The van der Waals surface area contributed by atoms with Gasteiger partial charge in [-0.3, -0.25) is 4.79 Å². The Kier molecular flexibility index (Phi) is 6.47. The van der Waals surface area contributed by atoms with Crippen LogP contribution in [0, 0.1) is 5.92 Å². The molecule has 0 spiro atoms. The summed E-state index contributed by atoms with van der Waals surface area (Å²) in [5.74, 6) is 2.13. The van der Waals surface area contributed by atoms with Gasteiger partial charge in [-0.25, -0.2) is 0 Å². The van der Waals surface area contributed by atoms with Gasteiger partial charge in [0.05, 0.1) is 11.9 Å². The summed E-state index contributed by atoms with van der Waals surface area (Å²) in [6, 6.07) is 0.309. The molecule has 0 aromatic carbocycles. The molecule has 3 N–H and O–H groups in total. The van der Waals surface area contributed by atoms with Crippen molar-refractivity contribution < 1.29 is 9.53 Å². The van der Waals surface area contributed by atoms with Crippen molar-refractivity contribution in [2.45, 2.75) is 50.7 Å². The van der Waals surface area contributed by atoms with E-state index in [1.54, 1.807) is 11.8 Å². The second kappa shape index (κ2) is 8.12. The SMILES string of the molecule is NCC1CCCC1NC(=O)CSCC1CCCCO1. The maximum absolute atomic E-state index is 11.9. The molecule has 3 unspecified atom stereocenters. The number of nitrogens with two attached hydrogens (primary N) is 1. The minimum absolute atomic E-state index is 0.158.